The van der Waals surface area contributed by atoms with Crippen LogP contribution >= 0.6 is 24.4 Å². The maximum atomic E-state index is 13.5. The molecule has 0 atom stereocenters. The standard InChI is InChI=1S/C31H28N4O2S2/c1-32(34(26-19-11-5-12-20-26)30(38)24-15-7-3-8-16-24)28(36)23-29(37)33(2)35(27-21-13-6-14-22-27)31(39)25-17-9-4-10-18-25/h3-22H,23H2,1-2H3. The average molecular weight is 553 g/mol. The number of thiocarbonyl (C=S) groups is 2. The maximum absolute atomic E-state index is 13.5. The van der Waals surface area contributed by atoms with Gasteiger partial charge in [0, 0.05) is 25.2 Å². The van der Waals surface area contributed by atoms with E-state index in [0.29, 0.717) is 21.4 Å². The van der Waals surface area contributed by atoms with Crippen molar-refractivity contribution in [1.29, 1.82) is 0 Å². The summed E-state index contributed by atoms with van der Waals surface area (Å²) in [5, 5.41) is 6.06. The summed E-state index contributed by atoms with van der Waals surface area (Å²) in [5.41, 5.74) is 2.98. The molecule has 4 aromatic carbocycles. The third-order valence-electron chi connectivity index (χ3n) is 6.05. The molecule has 0 spiro atoms. The van der Waals surface area contributed by atoms with E-state index in [9.17, 15) is 9.59 Å². The highest BCUT2D eigenvalue weighted by Gasteiger charge is 2.29. The van der Waals surface area contributed by atoms with Gasteiger partial charge in [-0.25, -0.2) is 10.0 Å². The maximum Gasteiger partial charge on any atom is 0.250 e. The number of para-hydroxylation sites is 2. The lowest BCUT2D eigenvalue weighted by atomic mass is 10.2. The van der Waals surface area contributed by atoms with E-state index in [-0.39, 0.29) is 0 Å². The van der Waals surface area contributed by atoms with E-state index in [4.69, 9.17) is 24.4 Å². The molecule has 4 aromatic rings. The Morgan fingerprint density at radius 2 is 0.795 bits per heavy atom. The van der Waals surface area contributed by atoms with Gasteiger partial charge in [0.05, 0.1) is 11.4 Å². The molecular formula is C31H28N4O2S2. The fraction of sp³-hybridized carbons (Fsp3) is 0.0968. The molecular weight excluding hydrogens is 525 g/mol. The van der Waals surface area contributed by atoms with E-state index >= 15 is 0 Å². The number of anilines is 2. The second kappa shape index (κ2) is 12.9. The summed E-state index contributed by atoms with van der Waals surface area (Å²) in [6.07, 6.45) is -0.394. The van der Waals surface area contributed by atoms with E-state index < -0.39 is 18.2 Å². The summed E-state index contributed by atoms with van der Waals surface area (Å²) in [7, 11) is 3.23. The van der Waals surface area contributed by atoms with Gasteiger partial charge in [-0.2, -0.15) is 0 Å². The quantitative estimate of drug-likeness (QED) is 0.169. The Morgan fingerprint density at radius 3 is 1.10 bits per heavy atom. The van der Waals surface area contributed by atoms with Crippen LogP contribution in [-0.2, 0) is 9.59 Å². The van der Waals surface area contributed by atoms with Crippen molar-refractivity contribution in [2.75, 3.05) is 24.1 Å². The second-order valence-corrected chi connectivity index (χ2v) is 9.42. The molecule has 0 aromatic heterocycles. The van der Waals surface area contributed by atoms with E-state index in [2.05, 4.69) is 0 Å². The van der Waals surface area contributed by atoms with Crippen LogP contribution in [0.15, 0.2) is 121 Å². The van der Waals surface area contributed by atoms with Crippen molar-refractivity contribution in [3.63, 3.8) is 0 Å². The number of carbonyl (C=O) groups excluding carboxylic acids is 2. The van der Waals surface area contributed by atoms with Gasteiger partial charge in [-0.3, -0.25) is 19.6 Å². The van der Waals surface area contributed by atoms with Crippen molar-refractivity contribution in [3.8, 4) is 0 Å². The SMILES string of the molecule is CN(C(=O)CC(=O)N(C)N(C(=S)c1ccccc1)c1ccccc1)N(C(=S)c1ccccc1)c1ccccc1. The first kappa shape index (κ1) is 27.6. The molecule has 39 heavy (non-hydrogen) atoms. The normalized spacial score (nSPS) is 10.3. The molecule has 0 N–H and O–H groups in total. The van der Waals surface area contributed by atoms with Crippen LogP contribution in [0.1, 0.15) is 17.5 Å². The van der Waals surface area contributed by atoms with Gasteiger partial charge in [0.2, 0.25) is 0 Å². The van der Waals surface area contributed by atoms with E-state index in [1.165, 1.54) is 10.0 Å². The molecule has 0 unspecified atom stereocenters. The zero-order chi connectivity index (χ0) is 27.8. The van der Waals surface area contributed by atoms with Crippen molar-refractivity contribution >= 4 is 57.6 Å². The van der Waals surface area contributed by atoms with Gasteiger partial charge in [-0.1, -0.05) is 121 Å². The molecule has 0 aliphatic rings. The number of hydrogen-bond acceptors (Lipinski definition) is 4. The molecule has 0 radical (unpaired) electrons. The minimum atomic E-state index is -0.423. The Hall–Kier alpha value is -4.40. The Morgan fingerprint density at radius 1 is 0.513 bits per heavy atom. The molecule has 0 aliphatic heterocycles. The van der Waals surface area contributed by atoms with Gasteiger partial charge in [0.25, 0.3) is 11.8 Å². The number of benzene rings is 4. The lowest BCUT2D eigenvalue weighted by molar-refractivity contribution is -0.139. The summed E-state index contributed by atoms with van der Waals surface area (Å²) in [6, 6.07) is 37.6. The summed E-state index contributed by atoms with van der Waals surface area (Å²) in [5.74, 6) is -0.847. The molecule has 2 amide bonds. The largest absolute Gasteiger partial charge is 0.272 e. The van der Waals surface area contributed by atoms with Crippen LogP contribution in [0.2, 0.25) is 0 Å². The van der Waals surface area contributed by atoms with Crippen molar-refractivity contribution in [2.24, 2.45) is 0 Å². The Labute approximate surface area is 239 Å². The van der Waals surface area contributed by atoms with Gasteiger partial charge in [-0.05, 0) is 24.3 Å². The highest BCUT2D eigenvalue weighted by atomic mass is 32.1. The van der Waals surface area contributed by atoms with Crippen LogP contribution < -0.4 is 10.0 Å². The molecule has 0 heterocycles. The Balaban J connectivity index is 1.58. The van der Waals surface area contributed by atoms with Gasteiger partial charge in [0.15, 0.2) is 0 Å². The molecule has 4 rings (SSSR count). The fourth-order valence-electron chi connectivity index (χ4n) is 3.98. The molecule has 0 fully saturated rings. The smallest absolute Gasteiger partial charge is 0.250 e. The third-order valence-corrected chi connectivity index (χ3v) is 6.87. The predicted molar refractivity (Wildman–Crippen MR) is 164 cm³/mol. The van der Waals surface area contributed by atoms with Crippen molar-refractivity contribution in [2.45, 2.75) is 6.42 Å². The van der Waals surface area contributed by atoms with Crippen molar-refractivity contribution in [1.82, 2.24) is 10.0 Å². The minimum Gasteiger partial charge on any atom is -0.272 e. The fourth-order valence-corrected chi connectivity index (χ4v) is 4.71. The molecule has 0 saturated carbocycles. The van der Waals surface area contributed by atoms with E-state index in [1.807, 2.05) is 121 Å². The van der Waals surface area contributed by atoms with Gasteiger partial charge in [-0.15, -0.1) is 0 Å². The average Bonchev–Trinajstić information content (AvgIpc) is 2.99. The topological polar surface area (TPSA) is 47.1 Å². The lowest BCUT2D eigenvalue weighted by Gasteiger charge is -2.36. The van der Waals surface area contributed by atoms with Crippen molar-refractivity contribution < 1.29 is 9.59 Å². The number of hydrogen-bond donors (Lipinski definition) is 0. The van der Waals surface area contributed by atoms with Crippen LogP contribution in [0.25, 0.3) is 0 Å². The van der Waals surface area contributed by atoms with E-state index in [0.717, 1.165) is 11.1 Å². The number of rotatable bonds is 6. The Kier molecular flexibility index (Phi) is 9.14. The highest BCUT2D eigenvalue weighted by Crippen LogP contribution is 2.22. The minimum absolute atomic E-state index is 0.394. The summed E-state index contributed by atoms with van der Waals surface area (Å²) >= 11 is 11.6. The third kappa shape index (κ3) is 6.54. The van der Waals surface area contributed by atoms with Gasteiger partial charge >= 0.3 is 0 Å². The molecule has 8 heteroatoms. The predicted octanol–water partition coefficient (Wildman–Crippen LogP) is 5.89. The first-order chi connectivity index (χ1) is 18.9. The first-order valence-corrected chi connectivity index (χ1v) is 13.1. The van der Waals surface area contributed by atoms with Gasteiger partial charge in [0.1, 0.15) is 16.4 Å². The van der Waals surface area contributed by atoms with Crippen LogP contribution in [-0.4, -0.2) is 45.9 Å². The second-order valence-electron chi connectivity index (χ2n) is 8.65. The molecule has 0 aliphatic carbocycles. The number of amides is 2. The van der Waals surface area contributed by atoms with Crippen molar-refractivity contribution in [3.05, 3.63) is 132 Å². The van der Waals surface area contributed by atoms with Crippen LogP contribution in [0.5, 0.6) is 0 Å². The lowest BCUT2D eigenvalue weighted by Crippen LogP contribution is -2.51. The van der Waals surface area contributed by atoms with Crippen LogP contribution in [0, 0.1) is 0 Å². The van der Waals surface area contributed by atoms with Crippen LogP contribution in [0.4, 0.5) is 11.4 Å². The number of nitrogens with zero attached hydrogens (tertiary/aromatic N) is 4. The molecule has 6 nitrogen and oxygen atoms in total. The van der Waals surface area contributed by atoms with Crippen LogP contribution in [0.3, 0.4) is 0 Å². The zero-order valence-electron chi connectivity index (χ0n) is 21.7. The zero-order valence-corrected chi connectivity index (χ0v) is 23.3. The number of carbonyl (C=O) groups is 2. The summed E-state index contributed by atoms with van der Waals surface area (Å²) in [4.78, 5) is 27.9. The number of hydrazine groups is 2. The monoisotopic (exact) mass is 552 g/mol. The first-order valence-electron chi connectivity index (χ1n) is 12.3. The Bertz CT molecular complexity index is 1320. The molecule has 196 valence electrons. The molecule has 0 bridgehead atoms. The van der Waals surface area contributed by atoms with E-state index in [1.54, 1.807) is 24.1 Å². The summed E-state index contributed by atoms with van der Waals surface area (Å²) < 4.78 is 0. The highest BCUT2D eigenvalue weighted by molar-refractivity contribution is 7.81. The molecule has 0 saturated heterocycles. The van der Waals surface area contributed by atoms with Gasteiger partial charge < -0.3 is 0 Å². The summed E-state index contributed by atoms with van der Waals surface area (Å²) in [6.45, 7) is 0.